The van der Waals surface area contributed by atoms with Crippen molar-refractivity contribution in [1.29, 1.82) is 0 Å². The van der Waals surface area contributed by atoms with Crippen LogP contribution in [0.4, 0.5) is 5.82 Å². The Morgan fingerprint density at radius 3 is 2.79 bits per heavy atom. The van der Waals surface area contributed by atoms with Crippen molar-refractivity contribution in [3.63, 3.8) is 0 Å². The van der Waals surface area contributed by atoms with Crippen molar-refractivity contribution >= 4 is 5.82 Å². The van der Waals surface area contributed by atoms with Crippen LogP contribution in [0.5, 0.6) is 0 Å². The third-order valence-corrected chi connectivity index (χ3v) is 4.00. The number of aromatic nitrogens is 1. The van der Waals surface area contributed by atoms with E-state index in [0.717, 1.165) is 24.8 Å². The van der Waals surface area contributed by atoms with Crippen LogP contribution in [0, 0.1) is 5.92 Å². The second-order valence-corrected chi connectivity index (χ2v) is 5.75. The molecule has 1 unspecified atom stereocenters. The molecule has 106 valence electrons. The predicted octanol–water partition coefficient (Wildman–Crippen LogP) is 3.08. The van der Waals surface area contributed by atoms with Crippen LogP contribution in [0.3, 0.4) is 0 Å². The van der Waals surface area contributed by atoms with E-state index in [1.54, 1.807) is 0 Å². The Labute approximate surface area is 117 Å². The Balaban J connectivity index is 1.71. The van der Waals surface area contributed by atoms with Crippen molar-refractivity contribution in [2.24, 2.45) is 5.92 Å². The first kappa shape index (κ1) is 14.3. The number of hydrogen-bond donors (Lipinski definition) is 1. The Morgan fingerprint density at radius 1 is 1.37 bits per heavy atom. The molecule has 0 aliphatic carbocycles. The van der Waals surface area contributed by atoms with E-state index in [1.165, 1.54) is 32.2 Å². The highest BCUT2D eigenvalue weighted by atomic mass is 15.2. The molecule has 1 saturated heterocycles. The Morgan fingerprint density at radius 2 is 2.16 bits per heavy atom. The SMILES string of the molecule is CCCC(C)CNC1CCN(c2ccccn2)CC1. The molecule has 1 aliphatic heterocycles. The number of nitrogens with one attached hydrogen (secondary N) is 1. The maximum Gasteiger partial charge on any atom is 0.128 e. The molecule has 1 atom stereocenters. The lowest BCUT2D eigenvalue weighted by atomic mass is 10.0. The van der Waals surface area contributed by atoms with Gasteiger partial charge in [0.05, 0.1) is 0 Å². The van der Waals surface area contributed by atoms with Crippen LogP contribution in [0.2, 0.25) is 0 Å². The normalized spacial score (nSPS) is 18.5. The van der Waals surface area contributed by atoms with Crippen molar-refractivity contribution in [2.75, 3.05) is 24.5 Å². The standard InChI is InChI=1S/C16H27N3/c1-3-6-14(2)13-18-15-8-11-19(12-9-15)16-7-4-5-10-17-16/h4-5,7,10,14-15,18H,3,6,8-9,11-13H2,1-2H3. The Hall–Kier alpha value is -1.09. The molecule has 1 aromatic heterocycles. The van der Waals surface area contributed by atoms with Gasteiger partial charge in [-0.2, -0.15) is 0 Å². The van der Waals surface area contributed by atoms with Crippen LogP contribution in [-0.4, -0.2) is 30.7 Å². The summed E-state index contributed by atoms with van der Waals surface area (Å²) in [6, 6.07) is 6.85. The van der Waals surface area contributed by atoms with Gasteiger partial charge in [0, 0.05) is 25.3 Å². The fraction of sp³-hybridized carbons (Fsp3) is 0.688. The fourth-order valence-corrected chi connectivity index (χ4v) is 2.82. The monoisotopic (exact) mass is 261 g/mol. The molecule has 1 aromatic rings. The minimum atomic E-state index is 0.694. The van der Waals surface area contributed by atoms with Crippen molar-refractivity contribution in [1.82, 2.24) is 10.3 Å². The van der Waals surface area contributed by atoms with E-state index in [0.29, 0.717) is 6.04 Å². The van der Waals surface area contributed by atoms with Crippen LogP contribution in [-0.2, 0) is 0 Å². The van der Waals surface area contributed by atoms with Gasteiger partial charge in [0.15, 0.2) is 0 Å². The summed E-state index contributed by atoms with van der Waals surface area (Å²) in [5.74, 6) is 1.93. The van der Waals surface area contributed by atoms with Gasteiger partial charge in [-0.15, -0.1) is 0 Å². The molecule has 3 heteroatoms. The van der Waals surface area contributed by atoms with Crippen LogP contribution in [0.15, 0.2) is 24.4 Å². The summed E-state index contributed by atoms with van der Waals surface area (Å²) in [5.41, 5.74) is 0. The van der Waals surface area contributed by atoms with E-state index >= 15 is 0 Å². The molecular formula is C16H27N3. The zero-order valence-corrected chi connectivity index (χ0v) is 12.3. The minimum absolute atomic E-state index is 0.694. The lowest BCUT2D eigenvalue weighted by molar-refractivity contribution is 0.374. The number of hydrogen-bond acceptors (Lipinski definition) is 3. The van der Waals surface area contributed by atoms with E-state index in [-0.39, 0.29) is 0 Å². The summed E-state index contributed by atoms with van der Waals surface area (Å²) in [5, 5.41) is 3.73. The van der Waals surface area contributed by atoms with Crippen molar-refractivity contribution in [2.45, 2.75) is 45.6 Å². The maximum absolute atomic E-state index is 4.43. The van der Waals surface area contributed by atoms with Gasteiger partial charge in [0.25, 0.3) is 0 Å². The van der Waals surface area contributed by atoms with Crippen LogP contribution in [0.25, 0.3) is 0 Å². The van der Waals surface area contributed by atoms with E-state index in [1.807, 2.05) is 12.3 Å². The summed E-state index contributed by atoms with van der Waals surface area (Å²) in [6.07, 6.45) is 6.97. The largest absolute Gasteiger partial charge is 0.357 e. The molecule has 0 aromatic carbocycles. The number of piperidine rings is 1. The summed E-state index contributed by atoms with van der Waals surface area (Å²) < 4.78 is 0. The quantitative estimate of drug-likeness (QED) is 0.853. The van der Waals surface area contributed by atoms with E-state index in [9.17, 15) is 0 Å². The summed E-state index contributed by atoms with van der Waals surface area (Å²) in [6.45, 7) is 8.02. The van der Waals surface area contributed by atoms with E-state index in [2.05, 4.69) is 41.2 Å². The molecule has 1 aliphatic rings. The molecule has 0 radical (unpaired) electrons. The van der Waals surface area contributed by atoms with Crippen molar-refractivity contribution < 1.29 is 0 Å². The Bertz CT molecular complexity index is 344. The number of anilines is 1. The van der Waals surface area contributed by atoms with Gasteiger partial charge in [-0.3, -0.25) is 0 Å². The third kappa shape index (κ3) is 4.50. The highest BCUT2D eigenvalue weighted by Crippen LogP contribution is 2.17. The highest BCUT2D eigenvalue weighted by Gasteiger charge is 2.19. The first-order valence-corrected chi connectivity index (χ1v) is 7.69. The molecule has 0 saturated carbocycles. The van der Waals surface area contributed by atoms with Crippen LogP contribution < -0.4 is 10.2 Å². The molecule has 19 heavy (non-hydrogen) atoms. The predicted molar refractivity (Wildman–Crippen MR) is 81.5 cm³/mol. The molecule has 0 amide bonds. The van der Waals surface area contributed by atoms with Crippen LogP contribution >= 0.6 is 0 Å². The summed E-state index contributed by atoms with van der Waals surface area (Å²) >= 11 is 0. The zero-order valence-electron chi connectivity index (χ0n) is 12.3. The molecule has 2 heterocycles. The lowest BCUT2D eigenvalue weighted by Gasteiger charge is -2.33. The van der Waals surface area contributed by atoms with Crippen molar-refractivity contribution in [3.8, 4) is 0 Å². The number of nitrogens with zero attached hydrogens (tertiary/aromatic N) is 2. The Kier molecular flexibility index (Phi) is 5.64. The topological polar surface area (TPSA) is 28.2 Å². The van der Waals surface area contributed by atoms with Gasteiger partial charge in [0.1, 0.15) is 5.82 Å². The second-order valence-electron chi connectivity index (χ2n) is 5.75. The number of rotatable bonds is 6. The molecule has 0 bridgehead atoms. The highest BCUT2D eigenvalue weighted by molar-refractivity contribution is 5.38. The summed E-state index contributed by atoms with van der Waals surface area (Å²) in [7, 11) is 0. The van der Waals surface area contributed by atoms with Crippen molar-refractivity contribution in [3.05, 3.63) is 24.4 Å². The van der Waals surface area contributed by atoms with Crippen LogP contribution in [0.1, 0.15) is 39.5 Å². The van der Waals surface area contributed by atoms with Gasteiger partial charge < -0.3 is 10.2 Å². The zero-order chi connectivity index (χ0) is 13.5. The van der Waals surface area contributed by atoms with Gasteiger partial charge in [0.2, 0.25) is 0 Å². The minimum Gasteiger partial charge on any atom is -0.357 e. The average molecular weight is 261 g/mol. The molecular weight excluding hydrogens is 234 g/mol. The first-order valence-electron chi connectivity index (χ1n) is 7.69. The molecule has 0 spiro atoms. The fourth-order valence-electron chi connectivity index (χ4n) is 2.82. The maximum atomic E-state index is 4.43. The third-order valence-electron chi connectivity index (χ3n) is 4.00. The molecule has 1 N–H and O–H groups in total. The average Bonchev–Trinajstić information content (AvgIpc) is 2.47. The summed E-state index contributed by atoms with van der Waals surface area (Å²) in [4.78, 5) is 6.83. The van der Waals surface area contributed by atoms with Gasteiger partial charge in [-0.1, -0.05) is 26.3 Å². The van der Waals surface area contributed by atoms with Gasteiger partial charge >= 0.3 is 0 Å². The second kappa shape index (κ2) is 7.49. The lowest BCUT2D eigenvalue weighted by Crippen LogP contribution is -2.43. The molecule has 1 fully saturated rings. The smallest absolute Gasteiger partial charge is 0.128 e. The first-order chi connectivity index (χ1) is 9.29. The molecule has 3 nitrogen and oxygen atoms in total. The van der Waals surface area contributed by atoms with E-state index in [4.69, 9.17) is 0 Å². The van der Waals surface area contributed by atoms with Gasteiger partial charge in [-0.25, -0.2) is 4.98 Å². The molecule has 2 rings (SSSR count). The number of pyridine rings is 1. The van der Waals surface area contributed by atoms with Gasteiger partial charge in [-0.05, 0) is 43.9 Å². The van der Waals surface area contributed by atoms with E-state index < -0.39 is 0 Å².